The Morgan fingerprint density at radius 3 is 1.65 bits per heavy atom. The molecule has 0 aliphatic heterocycles. The molecule has 1 aliphatic rings. The predicted octanol–water partition coefficient (Wildman–Crippen LogP) is 2.01. The number of esters is 2. The number of terminal acetylenes is 1. The Kier molecular flexibility index (Phi) is 24.8. The smallest absolute Gasteiger partial charge is 0.456 e. The lowest BCUT2D eigenvalue weighted by molar-refractivity contribution is -0.216. The third kappa shape index (κ3) is 22.2. The van der Waals surface area contributed by atoms with Gasteiger partial charge >= 0.3 is 27.6 Å². The van der Waals surface area contributed by atoms with E-state index in [-0.39, 0.29) is 6.42 Å². The minimum Gasteiger partial charge on any atom is -0.456 e. The summed E-state index contributed by atoms with van der Waals surface area (Å²) in [4.78, 5) is 53.3. The Morgan fingerprint density at radius 1 is 0.648 bits per heavy atom. The van der Waals surface area contributed by atoms with Crippen molar-refractivity contribution in [3.05, 3.63) is 0 Å². The average molecular weight is 801 g/mol. The maximum Gasteiger partial charge on any atom is 0.472 e. The normalized spacial score (nSPS) is 22.1. The van der Waals surface area contributed by atoms with Crippen molar-refractivity contribution >= 4 is 27.6 Å². The van der Waals surface area contributed by atoms with Crippen LogP contribution in [0.25, 0.3) is 0 Å². The molecule has 0 amide bonds. The number of phosphoric acid groups is 2. The summed E-state index contributed by atoms with van der Waals surface area (Å²) >= 11 is 0. The van der Waals surface area contributed by atoms with Gasteiger partial charge in [-0.05, 0) is 53.8 Å². The van der Waals surface area contributed by atoms with E-state index in [2.05, 4.69) is 58.8 Å². The summed E-state index contributed by atoms with van der Waals surface area (Å²) in [5, 5.41) is 40.8. The lowest BCUT2D eigenvalue weighted by Gasteiger charge is -2.43. The first-order valence-electron chi connectivity index (χ1n) is 17.6. The largest absolute Gasteiger partial charge is 0.472 e. The van der Waals surface area contributed by atoms with Crippen molar-refractivity contribution in [2.75, 3.05) is 13.2 Å². The first-order valence-corrected chi connectivity index (χ1v) is 20.6. The zero-order valence-corrected chi connectivity index (χ0v) is 31.9. The minimum atomic E-state index is -5.38. The van der Waals surface area contributed by atoms with E-state index in [0.717, 1.165) is 32.1 Å². The molecular weight excluding hydrogens is 750 g/mol. The number of hydrogen-bond donors (Lipinski definition) is 7. The van der Waals surface area contributed by atoms with Crippen molar-refractivity contribution in [2.45, 2.75) is 140 Å². The van der Waals surface area contributed by atoms with Crippen LogP contribution in [0.15, 0.2) is 0 Å². The monoisotopic (exact) mass is 800 g/mol. The molecule has 300 valence electrons. The number of aliphatic hydroxyl groups excluding tert-OH is 4. The van der Waals surface area contributed by atoms with Gasteiger partial charge in [-0.3, -0.25) is 18.4 Å². The third-order valence-corrected chi connectivity index (χ3v) is 9.28. The minimum absolute atomic E-state index is 0.0285. The molecule has 0 bridgehead atoms. The first-order chi connectivity index (χ1) is 25.6. The Hall–Kier alpha value is -3.20. The summed E-state index contributed by atoms with van der Waals surface area (Å²) in [6.07, 6.45) is 3.94. The number of carbonyl (C=O) groups is 2. The zero-order valence-electron chi connectivity index (χ0n) is 30.1. The van der Waals surface area contributed by atoms with Crippen molar-refractivity contribution in [1.29, 1.82) is 0 Å². The molecule has 8 atom stereocenters. The van der Waals surface area contributed by atoms with Gasteiger partial charge in [0, 0.05) is 12.3 Å². The maximum absolute atomic E-state index is 12.8. The van der Waals surface area contributed by atoms with Crippen LogP contribution in [0, 0.1) is 59.7 Å². The molecule has 0 radical (unpaired) electrons. The van der Waals surface area contributed by atoms with Gasteiger partial charge in [0.15, 0.2) is 6.10 Å². The molecule has 5 unspecified atom stereocenters. The van der Waals surface area contributed by atoms with E-state index in [1.165, 1.54) is 44.9 Å². The Balaban J connectivity index is 2.79. The number of ether oxygens (including phenoxy) is 2. The molecule has 0 aromatic heterocycles. The fourth-order valence-electron chi connectivity index (χ4n) is 5.08. The number of hydrogen-bond acceptors (Lipinski definition) is 13. The molecule has 1 rings (SSSR count). The van der Waals surface area contributed by atoms with Crippen molar-refractivity contribution < 1.29 is 76.9 Å². The molecule has 1 fully saturated rings. The molecule has 7 N–H and O–H groups in total. The van der Waals surface area contributed by atoms with Gasteiger partial charge in [-0.1, -0.05) is 84.0 Å². The second-order valence-corrected chi connectivity index (χ2v) is 14.8. The molecule has 0 aromatic carbocycles. The van der Waals surface area contributed by atoms with Crippen LogP contribution in [0.3, 0.4) is 0 Å². The van der Waals surface area contributed by atoms with Gasteiger partial charge < -0.3 is 44.6 Å². The Labute approximate surface area is 316 Å². The van der Waals surface area contributed by atoms with E-state index in [9.17, 15) is 44.0 Å². The number of rotatable bonds is 24. The summed E-state index contributed by atoms with van der Waals surface area (Å²) in [5.41, 5.74) is 0. The van der Waals surface area contributed by atoms with Gasteiger partial charge in [0.1, 0.15) is 43.2 Å². The lowest BCUT2D eigenvalue weighted by atomic mass is 9.85. The van der Waals surface area contributed by atoms with E-state index < -0.39 is 83.5 Å². The van der Waals surface area contributed by atoms with Crippen molar-refractivity contribution in [3.8, 4) is 59.7 Å². The highest BCUT2D eigenvalue weighted by molar-refractivity contribution is 7.47. The fraction of sp³-hybridized carbons (Fsp3) is 0.667. The molecule has 0 aromatic rings. The highest BCUT2D eigenvalue weighted by Gasteiger charge is 2.54. The van der Waals surface area contributed by atoms with Crippen LogP contribution in [0.1, 0.15) is 96.8 Å². The molecule has 1 saturated carbocycles. The fourth-order valence-corrected chi connectivity index (χ4v) is 6.62. The Morgan fingerprint density at radius 2 is 1.13 bits per heavy atom. The second kappa shape index (κ2) is 27.4. The number of unbranched alkanes of at least 4 members (excludes halogenated alkanes) is 12. The summed E-state index contributed by atoms with van der Waals surface area (Å²) in [5.74, 6) is 18.2. The quantitative estimate of drug-likeness (QED) is 0.0242. The SMILES string of the molecule is C#CC#CC#CC#CC#CC(=O)OC[C@H](COP(=O)(O)OC1C(O)C(O)[C@H](O)C(OP(=O)(O)O)[C@@H]1O)OC(=O)CCCCCCCCCCCCCCC. The van der Waals surface area contributed by atoms with Crippen LogP contribution < -0.4 is 0 Å². The summed E-state index contributed by atoms with van der Waals surface area (Å²) in [6, 6.07) is 0. The molecule has 54 heavy (non-hydrogen) atoms. The van der Waals surface area contributed by atoms with Crippen LogP contribution in [-0.4, -0.2) is 103 Å². The molecule has 0 saturated heterocycles. The van der Waals surface area contributed by atoms with Crippen LogP contribution in [0.5, 0.6) is 0 Å². The van der Waals surface area contributed by atoms with E-state index in [0.29, 0.717) is 6.42 Å². The predicted molar refractivity (Wildman–Crippen MR) is 193 cm³/mol. The summed E-state index contributed by atoms with van der Waals surface area (Å²) < 4.78 is 48.3. The standard InChI is InChI=1S/C36H50O16P2/c1-3-5-7-9-11-13-14-15-16-17-19-21-23-25-30(38)50-28(26-48-29(37)24-22-20-18-12-10-8-6-4-2)27-49-54(46,47)52-36-33(41)31(39)32(40)35(34(36)42)51-53(43,44)45/h2,28,31-36,39-42H,3,5,7,9,11,13-17,19,21,23,25-27H2,1H3,(H,46,47)(H2,43,44,45)/t28-,31?,32+,33?,34+,35?,36?/m1/s1. The van der Waals surface area contributed by atoms with Gasteiger partial charge in [0.05, 0.1) is 6.61 Å². The molecule has 18 heteroatoms. The highest BCUT2D eigenvalue weighted by atomic mass is 31.2. The van der Waals surface area contributed by atoms with E-state index in [4.69, 9.17) is 34.7 Å². The van der Waals surface area contributed by atoms with Crippen LogP contribution >= 0.6 is 15.6 Å². The average Bonchev–Trinajstić information content (AvgIpc) is 3.11. The molecular formula is C36H50O16P2. The first kappa shape index (κ1) is 48.8. The van der Waals surface area contributed by atoms with E-state index >= 15 is 0 Å². The molecule has 1 aliphatic carbocycles. The summed E-state index contributed by atoms with van der Waals surface area (Å²) in [7, 11) is -10.7. The van der Waals surface area contributed by atoms with Gasteiger partial charge in [-0.15, -0.1) is 6.42 Å². The molecule has 16 nitrogen and oxygen atoms in total. The number of carbonyl (C=O) groups excluding carboxylic acids is 2. The van der Waals surface area contributed by atoms with Gasteiger partial charge in [0.2, 0.25) is 0 Å². The second-order valence-electron chi connectivity index (χ2n) is 12.2. The van der Waals surface area contributed by atoms with E-state index in [1.807, 2.05) is 5.92 Å². The van der Waals surface area contributed by atoms with Crippen molar-refractivity contribution in [3.63, 3.8) is 0 Å². The number of aliphatic hydroxyl groups is 4. The van der Waals surface area contributed by atoms with Crippen LogP contribution in [0.2, 0.25) is 0 Å². The topological polar surface area (TPSA) is 256 Å². The number of phosphoric ester groups is 2. The van der Waals surface area contributed by atoms with Crippen LogP contribution in [-0.2, 0) is 41.8 Å². The summed E-state index contributed by atoms with van der Waals surface area (Å²) in [6.45, 7) is 0.531. The highest BCUT2D eigenvalue weighted by Crippen LogP contribution is 2.49. The molecule has 0 spiro atoms. The van der Waals surface area contributed by atoms with Gasteiger partial charge in [0.25, 0.3) is 0 Å². The molecule has 0 heterocycles. The van der Waals surface area contributed by atoms with Gasteiger partial charge in [-0.2, -0.15) is 0 Å². The maximum atomic E-state index is 12.8. The Bertz CT molecular complexity index is 1560. The lowest BCUT2D eigenvalue weighted by Crippen LogP contribution is -2.64. The van der Waals surface area contributed by atoms with E-state index in [1.54, 1.807) is 0 Å². The van der Waals surface area contributed by atoms with Crippen molar-refractivity contribution in [2.24, 2.45) is 0 Å². The van der Waals surface area contributed by atoms with Crippen molar-refractivity contribution in [1.82, 2.24) is 0 Å². The zero-order chi connectivity index (χ0) is 40.4. The third-order valence-electron chi connectivity index (χ3n) is 7.78. The van der Waals surface area contributed by atoms with Gasteiger partial charge in [-0.25, -0.2) is 13.9 Å². The van der Waals surface area contributed by atoms with Crippen LogP contribution in [0.4, 0.5) is 0 Å².